The first-order chi connectivity index (χ1) is 9.52. The Hall–Kier alpha value is -1.81. The van der Waals surface area contributed by atoms with Crippen LogP contribution in [0.5, 0.6) is 11.5 Å². The van der Waals surface area contributed by atoms with Gasteiger partial charge in [0.15, 0.2) is 11.5 Å². The fourth-order valence-electron chi connectivity index (χ4n) is 1.84. The number of ether oxygens (including phenoxy) is 1. The molecule has 2 aromatic carbocycles. The minimum absolute atomic E-state index is 0.0939. The van der Waals surface area contributed by atoms with Crippen molar-refractivity contribution in [3.63, 3.8) is 0 Å². The highest BCUT2D eigenvalue weighted by Crippen LogP contribution is 2.34. The van der Waals surface area contributed by atoms with E-state index in [0.29, 0.717) is 10.2 Å². The van der Waals surface area contributed by atoms with E-state index in [4.69, 9.17) is 4.74 Å². The smallest absolute Gasteiger partial charge is 0.172 e. The molecule has 0 atom stereocenters. The molecular weight excluding hydrogens is 318 g/mol. The minimum Gasteiger partial charge on any atom is -0.503 e. The van der Waals surface area contributed by atoms with Crippen molar-refractivity contribution in [2.24, 2.45) is 4.99 Å². The van der Waals surface area contributed by atoms with Gasteiger partial charge in [0.2, 0.25) is 0 Å². The van der Waals surface area contributed by atoms with Gasteiger partial charge in [-0.1, -0.05) is 12.1 Å². The molecule has 2 rings (SSSR count). The molecule has 104 valence electrons. The molecule has 0 aliphatic carbocycles. The Balaban J connectivity index is 2.37. The van der Waals surface area contributed by atoms with Crippen LogP contribution in [0, 0.1) is 13.8 Å². The van der Waals surface area contributed by atoms with Crippen molar-refractivity contribution in [2.45, 2.75) is 13.8 Å². The first-order valence-electron chi connectivity index (χ1n) is 6.19. The van der Waals surface area contributed by atoms with E-state index in [1.54, 1.807) is 18.3 Å². The lowest BCUT2D eigenvalue weighted by Crippen LogP contribution is -1.89. The normalized spacial score (nSPS) is 11.0. The number of rotatable bonds is 3. The second-order valence-electron chi connectivity index (χ2n) is 4.53. The number of aliphatic imine (C=N–C) groups is 1. The van der Waals surface area contributed by atoms with Crippen LogP contribution in [0.1, 0.15) is 16.7 Å². The van der Waals surface area contributed by atoms with E-state index in [1.807, 2.05) is 12.1 Å². The maximum atomic E-state index is 9.77. The lowest BCUT2D eigenvalue weighted by atomic mass is 10.1. The Labute approximate surface area is 127 Å². The van der Waals surface area contributed by atoms with Crippen molar-refractivity contribution in [1.82, 2.24) is 0 Å². The summed E-state index contributed by atoms with van der Waals surface area (Å²) < 4.78 is 5.70. The predicted octanol–water partition coefficient (Wildman–Crippen LogP) is 4.53. The first kappa shape index (κ1) is 14.6. The van der Waals surface area contributed by atoms with Crippen molar-refractivity contribution in [3.8, 4) is 11.5 Å². The summed E-state index contributed by atoms with van der Waals surface area (Å²) >= 11 is 3.30. The number of phenolic OH excluding ortho intramolecular Hbond substituents is 1. The number of phenols is 1. The quantitative estimate of drug-likeness (QED) is 0.838. The topological polar surface area (TPSA) is 41.8 Å². The molecule has 0 bridgehead atoms. The number of nitrogens with zero attached hydrogens (tertiary/aromatic N) is 1. The van der Waals surface area contributed by atoms with E-state index in [0.717, 1.165) is 16.8 Å². The minimum atomic E-state index is 0.0939. The summed E-state index contributed by atoms with van der Waals surface area (Å²) in [5, 5.41) is 9.77. The van der Waals surface area contributed by atoms with Crippen LogP contribution < -0.4 is 4.74 Å². The second kappa shape index (κ2) is 6.09. The van der Waals surface area contributed by atoms with Crippen LogP contribution in [0.25, 0.3) is 0 Å². The van der Waals surface area contributed by atoms with Gasteiger partial charge in [-0.05, 0) is 64.7 Å². The van der Waals surface area contributed by atoms with E-state index < -0.39 is 0 Å². The zero-order valence-corrected chi connectivity index (χ0v) is 13.2. The third kappa shape index (κ3) is 3.02. The van der Waals surface area contributed by atoms with Gasteiger partial charge in [-0.2, -0.15) is 0 Å². The predicted molar refractivity (Wildman–Crippen MR) is 85.5 cm³/mol. The van der Waals surface area contributed by atoms with Crippen molar-refractivity contribution >= 4 is 27.8 Å². The summed E-state index contributed by atoms with van der Waals surface area (Å²) in [5.41, 5.74) is 4.17. The molecule has 0 aliphatic heterocycles. The van der Waals surface area contributed by atoms with Gasteiger partial charge >= 0.3 is 0 Å². The van der Waals surface area contributed by atoms with E-state index in [-0.39, 0.29) is 5.75 Å². The summed E-state index contributed by atoms with van der Waals surface area (Å²) in [6.07, 6.45) is 1.76. The van der Waals surface area contributed by atoms with Gasteiger partial charge in [0.25, 0.3) is 0 Å². The summed E-state index contributed by atoms with van der Waals surface area (Å²) in [6.45, 7) is 4.11. The van der Waals surface area contributed by atoms with Crippen LogP contribution in [0.3, 0.4) is 0 Å². The molecule has 0 spiro atoms. The van der Waals surface area contributed by atoms with Crippen LogP contribution in [-0.2, 0) is 0 Å². The van der Waals surface area contributed by atoms with Crippen LogP contribution in [-0.4, -0.2) is 18.4 Å². The van der Waals surface area contributed by atoms with Crippen LogP contribution in [0.2, 0.25) is 0 Å². The fourth-order valence-corrected chi connectivity index (χ4v) is 2.30. The molecule has 4 heteroatoms. The van der Waals surface area contributed by atoms with Crippen molar-refractivity contribution in [1.29, 1.82) is 0 Å². The summed E-state index contributed by atoms with van der Waals surface area (Å²) in [7, 11) is 1.52. The van der Waals surface area contributed by atoms with E-state index in [1.165, 1.54) is 12.7 Å². The molecule has 0 fully saturated rings. The summed E-state index contributed by atoms with van der Waals surface area (Å²) in [5.74, 6) is 0.512. The highest BCUT2D eigenvalue weighted by atomic mass is 79.9. The highest BCUT2D eigenvalue weighted by molar-refractivity contribution is 9.10. The van der Waals surface area contributed by atoms with Crippen LogP contribution in [0.4, 0.5) is 5.69 Å². The number of hydrogen-bond donors (Lipinski definition) is 1. The first-order valence-corrected chi connectivity index (χ1v) is 6.99. The van der Waals surface area contributed by atoms with Crippen molar-refractivity contribution < 1.29 is 9.84 Å². The Kier molecular flexibility index (Phi) is 4.45. The molecule has 0 unspecified atom stereocenters. The Morgan fingerprint density at radius 3 is 2.70 bits per heavy atom. The maximum Gasteiger partial charge on any atom is 0.172 e. The number of methoxy groups -OCH3 is 1. The molecule has 0 saturated heterocycles. The molecule has 0 radical (unpaired) electrons. The Morgan fingerprint density at radius 1 is 1.25 bits per heavy atom. The van der Waals surface area contributed by atoms with E-state index >= 15 is 0 Å². The summed E-state index contributed by atoms with van der Waals surface area (Å²) in [4.78, 5) is 4.50. The average Bonchev–Trinajstić information content (AvgIpc) is 2.44. The molecule has 2 aromatic rings. The number of halogens is 1. The van der Waals surface area contributed by atoms with Gasteiger partial charge in [0.1, 0.15) is 0 Å². The van der Waals surface area contributed by atoms with E-state index in [9.17, 15) is 5.11 Å². The van der Waals surface area contributed by atoms with Crippen LogP contribution >= 0.6 is 15.9 Å². The van der Waals surface area contributed by atoms with Gasteiger partial charge < -0.3 is 9.84 Å². The number of hydrogen-bond acceptors (Lipinski definition) is 3. The molecule has 20 heavy (non-hydrogen) atoms. The Bertz CT molecular complexity index is 666. The molecule has 1 N–H and O–H groups in total. The maximum absolute atomic E-state index is 9.77. The summed E-state index contributed by atoms with van der Waals surface area (Å²) in [6, 6.07) is 9.57. The molecule has 0 aliphatic rings. The second-order valence-corrected chi connectivity index (χ2v) is 5.39. The van der Waals surface area contributed by atoms with Gasteiger partial charge in [-0.15, -0.1) is 0 Å². The molecule has 3 nitrogen and oxygen atoms in total. The Morgan fingerprint density at radius 2 is 2.00 bits per heavy atom. The zero-order valence-electron chi connectivity index (χ0n) is 11.6. The molecule has 0 amide bonds. The van der Waals surface area contributed by atoms with E-state index in [2.05, 4.69) is 40.8 Å². The molecule has 0 saturated carbocycles. The number of aryl methyl sites for hydroxylation is 1. The van der Waals surface area contributed by atoms with Crippen molar-refractivity contribution in [2.75, 3.05) is 7.11 Å². The van der Waals surface area contributed by atoms with Gasteiger partial charge in [-0.25, -0.2) is 0 Å². The van der Waals surface area contributed by atoms with Crippen molar-refractivity contribution in [3.05, 3.63) is 51.5 Å². The van der Waals surface area contributed by atoms with Gasteiger partial charge in [-0.3, -0.25) is 4.99 Å². The third-order valence-electron chi connectivity index (χ3n) is 3.20. The highest BCUT2D eigenvalue weighted by Gasteiger charge is 2.07. The molecular formula is C16H16BrNO2. The average molecular weight is 334 g/mol. The molecule has 0 aromatic heterocycles. The lowest BCUT2D eigenvalue weighted by Gasteiger charge is -2.07. The lowest BCUT2D eigenvalue weighted by molar-refractivity contribution is 0.372. The molecule has 0 heterocycles. The SMILES string of the molecule is COc1cc(C=Nc2cccc(C)c2C)cc(Br)c1O. The fraction of sp³-hybridized carbons (Fsp3) is 0.188. The third-order valence-corrected chi connectivity index (χ3v) is 3.80. The number of aromatic hydroxyl groups is 1. The zero-order chi connectivity index (χ0) is 14.7. The largest absolute Gasteiger partial charge is 0.503 e. The van der Waals surface area contributed by atoms with Gasteiger partial charge in [0.05, 0.1) is 17.3 Å². The standard InChI is InChI=1S/C16H16BrNO2/c1-10-5-4-6-14(11(10)2)18-9-12-7-13(17)16(19)15(8-12)20-3/h4-9,19H,1-3H3. The monoisotopic (exact) mass is 333 g/mol. The van der Waals surface area contributed by atoms with Crippen LogP contribution in [0.15, 0.2) is 39.8 Å². The number of benzene rings is 2. The van der Waals surface area contributed by atoms with Gasteiger partial charge in [0, 0.05) is 6.21 Å².